The Morgan fingerprint density at radius 2 is 2.17 bits per heavy atom. The fraction of sp³-hybridized carbons (Fsp3) is 0.727. The van der Waals surface area contributed by atoms with Crippen molar-refractivity contribution in [2.45, 2.75) is 76.7 Å². The fourth-order valence-electron chi connectivity index (χ4n) is 5.94. The van der Waals surface area contributed by atoms with Gasteiger partial charge in [-0.1, -0.05) is 39.2 Å². The van der Waals surface area contributed by atoms with Gasteiger partial charge in [-0.05, 0) is 80.3 Å². The molecule has 3 aliphatic rings. The molecule has 2 fully saturated rings. The normalized spacial score (nSPS) is 33.6. The van der Waals surface area contributed by atoms with Gasteiger partial charge in [0.2, 0.25) is 0 Å². The molecule has 1 aromatic rings. The molecule has 0 radical (unpaired) electrons. The van der Waals surface area contributed by atoms with E-state index in [1.807, 2.05) is 6.07 Å². The topological polar surface area (TPSA) is 23.5 Å². The van der Waals surface area contributed by atoms with E-state index >= 15 is 0 Å². The summed E-state index contributed by atoms with van der Waals surface area (Å²) < 4.78 is 0. The predicted octanol–water partition coefficient (Wildman–Crippen LogP) is 4.89. The Bertz CT molecular complexity index is 598. The van der Waals surface area contributed by atoms with Gasteiger partial charge in [-0.3, -0.25) is 4.90 Å². The second-order valence-corrected chi connectivity index (χ2v) is 8.71. The minimum Gasteiger partial charge on any atom is -0.508 e. The first-order chi connectivity index (χ1) is 11.6. The van der Waals surface area contributed by atoms with Gasteiger partial charge in [0.05, 0.1) is 0 Å². The van der Waals surface area contributed by atoms with E-state index in [2.05, 4.69) is 30.9 Å². The largest absolute Gasteiger partial charge is 0.508 e. The minimum atomic E-state index is 0.363. The van der Waals surface area contributed by atoms with Gasteiger partial charge < -0.3 is 5.11 Å². The molecule has 0 amide bonds. The fourth-order valence-corrected chi connectivity index (χ4v) is 5.94. The summed E-state index contributed by atoms with van der Waals surface area (Å²) in [5.41, 5.74) is 3.39. The van der Waals surface area contributed by atoms with Gasteiger partial charge in [0.15, 0.2) is 0 Å². The van der Waals surface area contributed by atoms with Crippen LogP contribution in [0.5, 0.6) is 5.75 Å². The Kier molecular flexibility index (Phi) is 4.36. The Morgan fingerprint density at radius 3 is 3.00 bits per heavy atom. The standard InChI is InChI=1S/C22H33NO/c1-3-16(2)9-12-23-13-11-22-10-5-4-6-19(22)21(23)14-17-7-8-18(24)15-20(17)22/h7-8,15-16,19,21,24H,3-6,9-14H2,1-2H3/t16?,19-,21-,22-/m0/s1. The summed E-state index contributed by atoms with van der Waals surface area (Å²) in [6, 6.07) is 6.96. The van der Waals surface area contributed by atoms with E-state index in [4.69, 9.17) is 0 Å². The van der Waals surface area contributed by atoms with Gasteiger partial charge >= 0.3 is 0 Å². The average molecular weight is 328 g/mol. The van der Waals surface area contributed by atoms with Crippen LogP contribution >= 0.6 is 0 Å². The second kappa shape index (κ2) is 6.37. The summed E-state index contributed by atoms with van der Waals surface area (Å²) in [6.45, 7) is 7.25. The zero-order valence-corrected chi connectivity index (χ0v) is 15.4. The van der Waals surface area contributed by atoms with E-state index in [9.17, 15) is 5.11 Å². The van der Waals surface area contributed by atoms with Crippen molar-refractivity contribution in [2.24, 2.45) is 11.8 Å². The van der Waals surface area contributed by atoms with Crippen molar-refractivity contribution in [3.05, 3.63) is 29.3 Å². The minimum absolute atomic E-state index is 0.363. The predicted molar refractivity (Wildman–Crippen MR) is 99.5 cm³/mol. The SMILES string of the molecule is CCC(C)CCN1CC[C@@]23CCCC[C@H]2[C@@H]1Cc1ccc(O)cc13. The van der Waals surface area contributed by atoms with Crippen LogP contribution in [0.1, 0.15) is 69.9 Å². The molecule has 1 saturated carbocycles. The maximum atomic E-state index is 10.1. The molecule has 0 spiro atoms. The van der Waals surface area contributed by atoms with E-state index < -0.39 is 0 Å². The van der Waals surface area contributed by atoms with Crippen molar-refractivity contribution in [1.82, 2.24) is 4.90 Å². The summed E-state index contributed by atoms with van der Waals surface area (Å²) in [7, 11) is 0. The van der Waals surface area contributed by atoms with Crippen molar-refractivity contribution in [2.75, 3.05) is 13.1 Å². The lowest BCUT2D eigenvalue weighted by molar-refractivity contribution is -0.0134. The van der Waals surface area contributed by atoms with Crippen molar-refractivity contribution in [3.8, 4) is 5.75 Å². The van der Waals surface area contributed by atoms with Crippen LogP contribution in [0.2, 0.25) is 0 Å². The molecule has 2 nitrogen and oxygen atoms in total. The number of rotatable bonds is 4. The lowest BCUT2D eigenvalue weighted by Crippen LogP contribution is -2.61. The maximum absolute atomic E-state index is 10.1. The van der Waals surface area contributed by atoms with Crippen molar-refractivity contribution < 1.29 is 5.11 Å². The third kappa shape index (κ3) is 2.58. The van der Waals surface area contributed by atoms with Crippen LogP contribution in [0.15, 0.2) is 18.2 Å². The van der Waals surface area contributed by atoms with Crippen LogP contribution in [0.4, 0.5) is 0 Å². The van der Waals surface area contributed by atoms with Gasteiger partial charge in [0.25, 0.3) is 0 Å². The number of fused-ring (bicyclic) bond motifs is 1. The first-order valence-corrected chi connectivity index (χ1v) is 10.2. The monoisotopic (exact) mass is 327 g/mol. The number of phenols is 1. The molecule has 4 atom stereocenters. The number of likely N-dealkylation sites (tertiary alicyclic amines) is 1. The summed E-state index contributed by atoms with van der Waals surface area (Å²) in [5.74, 6) is 2.12. The Hall–Kier alpha value is -1.02. The Balaban J connectivity index is 1.66. The van der Waals surface area contributed by atoms with Crippen molar-refractivity contribution in [3.63, 3.8) is 0 Å². The lowest BCUT2D eigenvalue weighted by atomic mass is 9.52. The number of piperidine rings is 1. The van der Waals surface area contributed by atoms with Crippen molar-refractivity contribution in [1.29, 1.82) is 0 Å². The Morgan fingerprint density at radius 1 is 1.29 bits per heavy atom. The quantitative estimate of drug-likeness (QED) is 0.851. The number of hydrogen-bond acceptors (Lipinski definition) is 2. The maximum Gasteiger partial charge on any atom is 0.115 e. The second-order valence-electron chi connectivity index (χ2n) is 8.71. The summed E-state index contributed by atoms with van der Waals surface area (Å²) in [6.07, 6.45) is 10.6. The van der Waals surface area contributed by atoms with Crippen LogP contribution in [0.3, 0.4) is 0 Å². The zero-order chi connectivity index (χ0) is 16.7. The van der Waals surface area contributed by atoms with E-state index in [0.29, 0.717) is 11.2 Å². The molecule has 4 rings (SSSR count). The highest BCUT2D eigenvalue weighted by Gasteiger charge is 2.53. The zero-order valence-electron chi connectivity index (χ0n) is 15.4. The van der Waals surface area contributed by atoms with Gasteiger partial charge in [-0.25, -0.2) is 0 Å². The number of aromatic hydroxyl groups is 1. The molecule has 2 aliphatic carbocycles. The van der Waals surface area contributed by atoms with Crippen LogP contribution in [0, 0.1) is 11.8 Å². The van der Waals surface area contributed by atoms with Gasteiger partial charge in [-0.2, -0.15) is 0 Å². The molecule has 1 heterocycles. The molecule has 1 saturated heterocycles. The molecular formula is C22H33NO. The first kappa shape index (κ1) is 16.4. The van der Waals surface area contributed by atoms with Crippen LogP contribution in [0.25, 0.3) is 0 Å². The lowest BCUT2D eigenvalue weighted by Gasteiger charge is -2.59. The van der Waals surface area contributed by atoms with Gasteiger partial charge in [0.1, 0.15) is 5.75 Å². The molecule has 1 aromatic carbocycles. The first-order valence-electron chi connectivity index (χ1n) is 10.2. The molecule has 1 N–H and O–H groups in total. The Labute approximate surface area is 147 Å². The molecule has 2 bridgehead atoms. The number of nitrogens with zero attached hydrogens (tertiary/aromatic N) is 1. The highest BCUT2D eigenvalue weighted by molar-refractivity contribution is 5.45. The van der Waals surface area contributed by atoms with Crippen LogP contribution in [-0.2, 0) is 11.8 Å². The van der Waals surface area contributed by atoms with Crippen molar-refractivity contribution >= 4 is 0 Å². The average Bonchev–Trinajstić information content (AvgIpc) is 2.61. The smallest absolute Gasteiger partial charge is 0.115 e. The molecule has 132 valence electrons. The number of benzene rings is 1. The molecule has 2 heteroatoms. The van der Waals surface area contributed by atoms with Gasteiger partial charge in [-0.15, -0.1) is 0 Å². The molecule has 1 aliphatic heterocycles. The summed E-state index contributed by atoms with van der Waals surface area (Å²) >= 11 is 0. The highest BCUT2D eigenvalue weighted by Crippen LogP contribution is 2.56. The van der Waals surface area contributed by atoms with Crippen LogP contribution in [-0.4, -0.2) is 29.1 Å². The molecule has 24 heavy (non-hydrogen) atoms. The van der Waals surface area contributed by atoms with E-state index in [1.165, 1.54) is 75.6 Å². The molecule has 0 aromatic heterocycles. The van der Waals surface area contributed by atoms with E-state index in [-0.39, 0.29) is 0 Å². The molecular weight excluding hydrogens is 294 g/mol. The highest BCUT2D eigenvalue weighted by atomic mass is 16.3. The molecule has 1 unspecified atom stereocenters. The summed E-state index contributed by atoms with van der Waals surface area (Å²) in [5, 5.41) is 10.1. The van der Waals surface area contributed by atoms with Gasteiger partial charge in [0, 0.05) is 11.5 Å². The number of phenolic OH excluding ortho intramolecular Hbond substituents is 1. The summed E-state index contributed by atoms with van der Waals surface area (Å²) in [4.78, 5) is 2.83. The van der Waals surface area contributed by atoms with E-state index in [1.54, 1.807) is 0 Å². The third-order valence-corrected chi connectivity index (χ3v) is 7.54. The third-order valence-electron chi connectivity index (χ3n) is 7.54. The van der Waals surface area contributed by atoms with E-state index in [0.717, 1.165) is 17.9 Å². The van der Waals surface area contributed by atoms with Crippen LogP contribution < -0.4 is 0 Å². The number of hydrogen-bond donors (Lipinski definition) is 1.